The topological polar surface area (TPSA) is 101 Å². The molecule has 0 bridgehead atoms. The Bertz CT molecular complexity index is 840. The smallest absolute Gasteiger partial charge is 0.272 e. The molecular formula is C17H21FN6O3S. The van der Waals surface area contributed by atoms with Gasteiger partial charge >= 0.3 is 0 Å². The van der Waals surface area contributed by atoms with Gasteiger partial charge in [0.25, 0.3) is 5.91 Å². The maximum Gasteiger partial charge on any atom is 0.272 e. The van der Waals surface area contributed by atoms with Crippen LogP contribution >= 0.6 is 11.8 Å². The minimum atomic E-state index is -0.720. The first-order valence-electron chi connectivity index (χ1n) is 8.82. The Hall–Kier alpha value is -2.66. The third-order valence-corrected chi connectivity index (χ3v) is 5.04. The van der Waals surface area contributed by atoms with Crippen LogP contribution in [0.2, 0.25) is 0 Å². The maximum absolute atomic E-state index is 13.6. The summed E-state index contributed by atoms with van der Waals surface area (Å²) in [5.74, 6) is -1.04. The molecule has 150 valence electrons. The third-order valence-electron chi connectivity index (χ3n) is 4.07. The molecule has 9 nitrogen and oxygen atoms in total. The standard InChI is InChI=1S/C17H21FN6O3S/c1-2-24-16(23-7-9-27-10-8-23)21-22-17(24)28-11-14(25)19-20-15(26)12-5-3-4-6-13(12)18/h3-6H,2,7-11H2,1H3,(H,19,25)(H,20,26). The van der Waals surface area contributed by atoms with Crippen molar-refractivity contribution in [2.24, 2.45) is 0 Å². The largest absolute Gasteiger partial charge is 0.378 e. The predicted molar refractivity (Wildman–Crippen MR) is 101 cm³/mol. The lowest BCUT2D eigenvalue weighted by Crippen LogP contribution is -2.42. The number of hydrogen-bond donors (Lipinski definition) is 2. The highest BCUT2D eigenvalue weighted by molar-refractivity contribution is 7.99. The van der Waals surface area contributed by atoms with Gasteiger partial charge in [0.1, 0.15) is 5.82 Å². The van der Waals surface area contributed by atoms with E-state index in [-0.39, 0.29) is 11.3 Å². The van der Waals surface area contributed by atoms with Crippen molar-refractivity contribution in [1.82, 2.24) is 25.6 Å². The number of thioether (sulfide) groups is 1. The minimum absolute atomic E-state index is 0.0266. The van der Waals surface area contributed by atoms with Crippen LogP contribution in [0, 0.1) is 5.82 Å². The molecule has 0 aliphatic carbocycles. The number of hydrogen-bond acceptors (Lipinski definition) is 7. The third kappa shape index (κ3) is 4.78. The van der Waals surface area contributed by atoms with Gasteiger partial charge in [0.15, 0.2) is 5.16 Å². The van der Waals surface area contributed by atoms with Crippen LogP contribution in [-0.4, -0.2) is 58.6 Å². The molecule has 1 saturated heterocycles. The van der Waals surface area contributed by atoms with E-state index in [9.17, 15) is 14.0 Å². The summed E-state index contributed by atoms with van der Waals surface area (Å²) >= 11 is 1.21. The van der Waals surface area contributed by atoms with Gasteiger partial charge in [-0.25, -0.2) is 4.39 Å². The van der Waals surface area contributed by atoms with E-state index in [0.717, 1.165) is 19.0 Å². The van der Waals surface area contributed by atoms with Crippen molar-refractivity contribution < 1.29 is 18.7 Å². The molecule has 1 aliphatic heterocycles. The highest BCUT2D eigenvalue weighted by atomic mass is 32.2. The zero-order valence-electron chi connectivity index (χ0n) is 15.4. The number of ether oxygens (including phenoxy) is 1. The van der Waals surface area contributed by atoms with Gasteiger partial charge in [0.2, 0.25) is 11.9 Å². The maximum atomic E-state index is 13.6. The van der Waals surface area contributed by atoms with Gasteiger partial charge in [-0.05, 0) is 19.1 Å². The summed E-state index contributed by atoms with van der Waals surface area (Å²) in [6, 6.07) is 5.54. The SMILES string of the molecule is CCn1c(SCC(=O)NNC(=O)c2ccccc2F)nnc1N1CCOCC1. The van der Waals surface area contributed by atoms with Crippen molar-refractivity contribution in [1.29, 1.82) is 0 Å². The fourth-order valence-electron chi connectivity index (χ4n) is 2.67. The van der Waals surface area contributed by atoms with E-state index in [0.29, 0.717) is 24.9 Å². The molecule has 0 unspecified atom stereocenters. The molecule has 2 aromatic rings. The molecule has 1 aliphatic rings. The van der Waals surface area contributed by atoms with Crippen molar-refractivity contribution in [2.45, 2.75) is 18.6 Å². The van der Waals surface area contributed by atoms with Crippen molar-refractivity contribution in [3.63, 3.8) is 0 Å². The van der Waals surface area contributed by atoms with E-state index in [4.69, 9.17) is 4.74 Å². The van der Waals surface area contributed by atoms with Gasteiger partial charge in [0.05, 0.1) is 24.5 Å². The van der Waals surface area contributed by atoms with Gasteiger partial charge in [-0.2, -0.15) is 0 Å². The second kappa shape index (κ2) is 9.51. The van der Waals surface area contributed by atoms with E-state index in [1.54, 1.807) is 6.07 Å². The number of nitrogens with one attached hydrogen (secondary N) is 2. The molecule has 2 N–H and O–H groups in total. The Balaban J connectivity index is 1.52. The number of carbonyl (C=O) groups excluding carboxylic acids is 2. The Labute approximate surface area is 165 Å². The summed E-state index contributed by atoms with van der Waals surface area (Å²) in [7, 11) is 0. The summed E-state index contributed by atoms with van der Waals surface area (Å²) in [6.45, 7) is 5.41. The molecule has 11 heteroatoms. The molecule has 1 aromatic carbocycles. The molecule has 0 atom stereocenters. The van der Waals surface area contributed by atoms with Gasteiger partial charge in [-0.15, -0.1) is 10.2 Å². The molecule has 0 spiro atoms. The highest BCUT2D eigenvalue weighted by Crippen LogP contribution is 2.22. The Morgan fingerprint density at radius 2 is 1.96 bits per heavy atom. The summed E-state index contributed by atoms with van der Waals surface area (Å²) in [4.78, 5) is 26.0. The van der Waals surface area contributed by atoms with Crippen molar-refractivity contribution in [3.05, 3.63) is 35.6 Å². The number of amides is 2. The van der Waals surface area contributed by atoms with Gasteiger partial charge < -0.3 is 9.64 Å². The number of rotatable bonds is 6. The second-order valence-electron chi connectivity index (χ2n) is 5.90. The lowest BCUT2D eigenvalue weighted by molar-refractivity contribution is -0.119. The van der Waals surface area contributed by atoms with E-state index < -0.39 is 17.6 Å². The molecule has 0 radical (unpaired) electrons. The monoisotopic (exact) mass is 408 g/mol. The molecule has 3 rings (SSSR count). The van der Waals surface area contributed by atoms with Crippen molar-refractivity contribution in [2.75, 3.05) is 37.0 Å². The number of aromatic nitrogens is 3. The number of nitrogens with zero attached hydrogens (tertiary/aromatic N) is 4. The highest BCUT2D eigenvalue weighted by Gasteiger charge is 2.20. The normalized spacial score (nSPS) is 14.0. The summed E-state index contributed by atoms with van der Waals surface area (Å²) in [6.07, 6.45) is 0. The Morgan fingerprint density at radius 1 is 1.21 bits per heavy atom. The lowest BCUT2D eigenvalue weighted by Gasteiger charge is -2.27. The molecule has 2 amide bonds. The number of benzene rings is 1. The molecule has 0 saturated carbocycles. The van der Waals surface area contributed by atoms with Crippen LogP contribution in [0.3, 0.4) is 0 Å². The number of morpholine rings is 1. The molecule has 1 fully saturated rings. The van der Waals surface area contributed by atoms with E-state index in [1.807, 2.05) is 11.5 Å². The summed E-state index contributed by atoms with van der Waals surface area (Å²) in [5.41, 5.74) is 4.34. The van der Waals surface area contributed by atoms with Gasteiger partial charge in [0, 0.05) is 19.6 Å². The fourth-order valence-corrected chi connectivity index (χ4v) is 3.46. The van der Waals surface area contributed by atoms with Gasteiger partial charge in [-0.3, -0.25) is 25.0 Å². The first kappa shape index (κ1) is 20.1. The van der Waals surface area contributed by atoms with Crippen LogP contribution in [0.15, 0.2) is 29.4 Å². The number of halogens is 1. The van der Waals surface area contributed by atoms with Crippen molar-refractivity contribution >= 4 is 29.5 Å². The van der Waals surface area contributed by atoms with Crippen LogP contribution in [0.5, 0.6) is 0 Å². The zero-order valence-corrected chi connectivity index (χ0v) is 16.2. The molecule has 28 heavy (non-hydrogen) atoms. The van der Waals surface area contributed by atoms with E-state index in [1.165, 1.54) is 30.0 Å². The Morgan fingerprint density at radius 3 is 2.68 bits per heavy atom. The quantitative estimate of drug-likeness (QED) is 0.539. The lowest BCUT2D eigenvalue weighted by atomic mass is 10.2. The first-order chi connectivity index (χ1) is 13.6. The number of anilines is 1. The molecule has 1 aromatic heterocycles. The molecule has 2 heterocycles. The van der Waals surface area contributed by atoms with Gasteiger partial charge in [-0.1, -0.05) is 23.9 Å². The van der Waals surface area contributed by atoms with Crippen LogP contribution in [0.25, 0.3) is 0 Å². The van der Waals surface area contributed by atoms with E-state index >= 15 is 0 Å². The first-order valence-corrected chi connectivity index (χ1v) is 9.81. The predicted octanol–water partition coefficient (Wildman–Crippen LogP) is 0.827. The van der Waals surface area contributed by atoms with Crippen LogP contribution < -0.4 is 15.8 Å². The Kier molecular flexibility index (Phi) is 6.82. The zero-order chi connectivity index (χ0) is 19.9. The average Bonchev–Trinajstić information content (AvgIpc) is 3.14. The van der Waals surface area contributed by atoms with Crippen LogP contribution in [0.1, 0.15) is 17.3 Å². The van der Waals surface area contributed by atoms with Crippen LogP contribution in [0.4, 0.5) is 10.3 Å². The van der Waals surface area contributed by atoms with Crippen LogP contribution in [-0.2, 0) is 16.1 Å². The fraction of sp³-hybridized carbons (Fsp3) is 0.412. The van der Waals surface area contributed by atoms with Crippen molar-refractivity contribution in [3.8, 4) is 0 Å². The summed E-state index contributed by atoms with van der Waals surface area (Å²) < 4.78 is 20.8. The summed E-state index contributed by atoms with van der Waals surface area (Å²) in [5, 5.41) is 9.01. The number of carbonyl (C=O) groups is 2. The number of hydrazine groups is 1. The molecular weight excluding hydrogens is 387 g/mol. The van der Waals surface area contributed by atoms with E-state index in [2.05, 4.69) is 25.9 Å². The minimum Gasteiger partial charge on any atom is -0.378 e. The average molecular weight is 408 g/mol. The second-order valence-corrected chi connectivity index (χ2v) is 6.84.